The maximum Gasteiger partial charge on any atom is 0.252 e. The van der Waals surface area contributed by atoms with Crippen LogP contribution < -0.4 is 26.2 Å². The molecule has 4 nitrogen and oxygen atoms in total. The molecule has 502 valence electrons. The van der Waals surface area contributed by atoms with Crippen molar-refractivity contribution in [2.75, 3.05) is 9.80 Å². The molecule has 0 spiro atoms. The van der Waals surface area contributed by atoms with E-state index in [1.165, 1.54) is 0 Å². The number of hydrogen-bond donors (Lipinski definition) is 0. The summed E-state index contributed by atoms with van der Waals surface area (Å²) in [6.07, 6.45) is 0. The lowest BCUT2D eigenvalue weighted by Crippen LogP contribution is -2.61. The van der Waals surface area contributed by atoms with Crippen LogP contribution in [0.25, 0.3) is 94.4 Å². The fourth-order valence-electron chi connectivity index (χ4n) is 15.0. The molecule has 0 saturated carbocycles. The molecule has 102 heavy (non-hydrogen) atoms. The van der Waals surface area contributed by atoms with Crippen molar-refractivity contribution in [3.05, 3.63) is 307 Å². The van der Waals surface area contributed by atoms with Crippen molar-refractivity contribution in [1.29, 1.82) is 0 Å². The number of benzene rings is 12. The monoisotopic (exact) mass is 1340 g/mol. The molecule has 0 fully saturated rings. The Kier molecular flexibility index (Phi) is 12.6. The second-order valence-electron chi connectivity index (χ2n) is 32.7. The average Bonchev–Trinajstić information content (AvgIpc) is 1.35. The molecule has 2 aliphatic rings. The first-order chi connectivity index (χ1) is 54.1. The molecule has 0 saturated heterocycles. The lowest BCUT2D eigenvalue weighted by Gasteiger charge is -2.46. The van der Waals surface area contributed by atoms with E-state index in [4.69, 9.17) is 9.10 Å². The maximum absolute atomic E-state index is 9.91. The van der Waals surface area contributed by atoms with Gasteiger partial charge in [-0.1, -0.05) is 304 Å². The Bertz CT molecular complexity index is 6220. The van der Waals surface area contributed by atoms with Gasteiger partial charge in [-0.15, -0.1) is 0 Å². The third kappa shape index (κ3) is 11.6. The molecule has 0 bridgehead atoms. The summed E-state index contributed by atoms with van der Waals surface area (Å²) in [5.74, 6) is 0. The summed E-state index contributed by atoms with van der Waals surface area (Å²) in [6.45, 7) is 32.6. The summed E-state index contributed by atoms with van der Waals surface area (Å²) >= 11 is 0. The van der Waals surface area contributed by atoms with Crippen LogP contribution in [0.4, 0.5) is 34.1 Å². The summed E-state index contributed by atoms with van der Waals surface area (Å²) in [7, 11) is 0. The number of nitrogens with zero attached hydrogens (tertiary/aromatic N) is 4. The molecule has 14 aromatic rings. The van der Waals surface area contributed by atoms with E-state index in [1.54, 1.807) is 4.57 Å². The predicted octanol–water partition coefficient (Wildman–Crippen LogP) is 24.8. The number of anilines is 6. The van der Waals surface area contributed by atoms with Crippen molar-refractivity contribution < 1.29 is 17.8 Å². The van der Waals surface area contributed by atoms with E-state index in [2.05, 4.69) is 265 Å². The smallest absolute Gasteiger partial charge is 0.252 e. The van der Waals surface area contributed by atoms with Gasteiger partial charge in [0.05, 0.1) is 45.9 Å². The quantitative estimate of drug-likeness (QED) is 0.135. The van der Waals surface area contributed by atoms with Crippen LogP contribution in [-0.2, 0) is 27.1 Å². The highest BCUT2D eigenvalue weighted by Crippen LogP contribution is 2.56. The van der Waals surface area contributed by atoms with Gasteiger partial charge in [-0.05, 0) is 178 Å². The molecule has 0 unspecified atom stereocenters. The molecule has 0 atom stereocenters. The van der Waals surface area contributed by atoms with Gasteiger partial charge in [0, 0.05) is 72.6 Å². The molecule has 2 aliphatic heterocycles. The van der Waals surface area contributed by atoms with E-state index in [0.717, 1.165) is 117 Å². The lowest BCUT2D eigenvalue weighted by atomic mass is 9.33. The van der Waals surface area contributed by atoms with Gasteiger partial charge < -0.3 is 14.4 Å². The molecule has 5 heteroatoms. The van der Waals surface area contributed by atoms with Gasteiger partial charge in [0.25, 0.3) is 6.71 Å². The SMILES string of the molecule is [2H]c1c([2H])c([2H])c(-c2ccc3c(c2)N(c2c(-c4ccccc4)cc(C(C)(C)C)cc2-c2cccc(C(C)(C)C)n2)c2cc(-c4cc(C(C)(C)C)cc(C(C)(C)C)c4)cc4c2B3c2ccc(-n3c5c([2H])c([2H])c([2H])c([2H])c5c5c([2H])c([2H])c([2H])c([2H])c53)cc2N4c2c(-c3ccccc3)cc(C(C)(C)C)cc2-c2ccccc2)c([2H])c1[2H]. The van der Waals surface area contributed by atoms with Crippen LogP contribution in [0.2, 0.25) is 0 Å². The second-order valence-corrected chi connectivity index (χ2v) is 32.7. The number of pyridine rings is 1. The van der Waals surface area contributed by atoms with Crippen molar-refractivity contribution in [3.63, 3.8) is 0 Å². The third-order valence-corrected chi connectivity index (χ3v) is 20.6. The van der Waals surface area contributed by atoms with Gasteiger partial charge in [-0.2, -0.15) is 0 Å². The van der Waals surface area contributed by atoms with Crippen LogP contribution in [0.1, 0.15) is 150 Å². The molecular formula is C97H91BN4. The van der Waals surface area contributed by atoms with Crippen LogP contribution in [0.3, 0.4) is 0 Å². The van der Waals surface area contributed by atoms with E-state index in [1.807, 2.05) is 48.5 Å². The Labute approximate surface area is 623 Å². The Morgan fingerprint density at radius 1 is 0.314 bits per heavy atom. The third-order valence-electron chi connectivity index (χ3n) is 20.6. The summed E-state index contributed by atoms with van der Waals surface area (Å²) in [5.41, 5.74) is 19.5. The van der Waals surface area contributed by atoms with Crippen molar-refractivity contribution in [2.24, 2.45) is 0 Å². The molecule has 2 aromatic heterocycles. The van der Waals surface area contributed by atoms with Crippen molar-refractivity contribution in [1.82, 2.24) is 9.55 Å². The first-order valence-corrected chi connectivity index (χ1v) is 35.5. The van der Waals surface area contributed by atoms with E-state index in [-0.39, 0.29) is 55.7 Å². The minimum Gasteiger partial charge on any atom is -0.310 e. The highest BCUT2D eigenvalue weighted by atomic mass is 15.2. The first kappa shape index (κ1) is 52.3. The fraction of sp³-hybridized carbons (Fsp3) is 0.206. The number of rotatable bonds is 9. The average molecular weight is 1340 g/mol. The van der Waals surface area contributed by atoms with Gasteiger partial charge in [-0.3, -0.25) is 4.98 Å². The van der Waals surface area contributed by atoms with Crippen LogP contribution in [0.15, 0.2) is 279 Å². The minimum atomic E-state index is -0.729. The van der Waals surface area contributed by atoms with Gasteiger partial charge in [-0.25, -0.2) is 0 Å². The zero-order valence-electron chi connectivity index (χ0n) is 73.9. The minimum absolute atomic E-state index is 0.0244. The Balaban J connectivity index is 1.18. The lowest BCUT2D eigenvalue weighted by molar-refractivity contribution is 0.569. The van der Waals surface area contributed by atoms with Crippen LogP contribution in [0, 0.1) is 0 Å². The predicted molar refractivity (Wildman–Crippen MR) is 439 cm³/mol. The maximum atomic E-state index is 9.91. The van der Waals surface area contributed by atoms with Gasteiger partial charge >= 0.3 is 0 Å². The Morgan fingerprint density at radius 2 is 0.725 bits per heavy atom. The Hall–Kier alpha value is -10.7. The van der Waals surface area contributed by atoms with Crippen molar-refractivity contribution >= 4 is 79.0 Å². The fourth-order valence-corrected chi connectivity index (χ4v) is 15.0. The summed E-state index contributed by atoms with van der Waals surface area (Å²) in [5, 5.41) is -0.0997. The standard InChI is InChI=1S/C97H91BN4/c1-93(2,3)69-51-67(52-70(56-69)94(4,5)6)68-54-87-90-88(55-68)102(91-76(63-35-22-17-23-36-63)57-71(95(7,8)9)58-77(91)64-37-24-18-25-38-64)86-61-73(100-83-44-30-28-41-74(83)75-42-29-31-45-84(75)100)48-50-81(86)98(90)80-49-47-66(62-33-20-16-21-34-62)53-85(80)101(87)92-78(65-39-26-19-27-40-65)59-72(96(10,11)12)60-79(92)82-43-32-46-89(99-82)97(13,14)15/h16-61H,1-15H3/i16D,20D,21D,28D,29D,30D,31D,33D,34D,41D,42D,44D,45D. The van der Waals surface area contributed by atoms with E-state index >= 15 is 0 Å². The number of fused-ring (bicyclic) bond motifs is 7. The van der Waals surface area contributed by atoms with E-state index in [0.29, 0.717) is 28.3 Å². The largest absolute Gasteiger partial charge is 0.310 e. The van der Waals surface area contributed by atoms with Gasteiger partial charge in [0.1, 0.15) is 0 Å². The van der Waals surface area contributed by atoms with Crippen molar-refractivity contribution in [3.8, 4) is 72.6 Å². The summed E-state index contributed by atoms with van der Waals surface area (Å²) < 4.78 is 124. The molecule has 4 heterocycles. The van der Waals surface area contributed by atoms with Crippen LogP contribution in [-0.4, -0.2) is 16.3 Å². The van der Waals surface area contributed by atoms with Crippen LogP contribution >= 0.6 is 0 Å². The zero-order valence-corrected chi connectivity index (χ0v) is 60.9. The van der Waals surface area contributed by atoms with Gasteiger partial charge in [0.2, 0.25) is 0 Å². The molecular weight excluding hydrogens is 1230 g/mol. The highest BCUT2D eigenvalue weighted by molar-refractivity contribution is 7.00. The topological polar surface area (TPSA) is 24.3 Å². The summed E-state index contributed by atoms with van der Waals surface area (Å²) in [4.78, 5) is 10.5. The Morgan fingerprint density at radius 3 is 1.21 bits per heavy atom. The van der Waals surface area contributed by atoms with Crippen LogP contribution in [0.5, 0.6) is 0 Å². The van der Waals surface area contributed by atoms with Crippen molar-refractivity contribution in [2.45, 2.75) is 131 Å². The van der Waals surface area contributed by atoms with E-state index in [9.17, 15) is 13.7 Å². The number of hydrogen-bond acceptors (Lipinski definition) is 3. The van der Waals surface area contributed by atoms with E-state index < -0.39 is 84.0 Å². The normalized spacial score (nSPS) is 15.0. The molecule has 0 amide bonds. The number of aromatic nitrogens is 2. The molecule has 16 rings (SSSR count). The molecule has 0 aliphatic carbocycles. The van der Waals surface area contributed by atoms with Gasteiger partial charge in [0.15, 0.2) is 0 Å². The number of para-hydroxylation sites is 2. The molecule has 0 radical (unpaired) electrons. The first-order valence-electron chi connectivity index (χ1n) is 42.0. The highest BCUT2D eigenvalue weighted by Gasteiger charge is 2.46. The second kappa shape index (κ2) is 24.5. The summed E-state index contributed by atoms with van der Waals surface area (Å²) in [6, 6.07) is 64.1. The molecule has 0 N–H and O–H groups in total. The molecule has 12 aromatic carbocycles. The zero-order chi connectivity index (χ0) is 82.3.